The predicted octanol–water partition coefficient (Wildman–Crippen LogP) is 4.46. The number of nitrogens with one attached hydrogen (secondary N) is 2. The summed E-state index contributed by atoms with van der Waals surface area (Å²) < 4.78 is 24.9. The Balaban J connectivity index is 1.49. The second-order valence-electron chi connectivity index (χ2n) is 8.07. The fourth-order valence-electron chi connectivity index (χ4n) is 3.72. The number of H-pyrrole nitrogens is 1. The summed E-state index contributed by atoms with van der Waals surface area (Å²) in [6.45, 7) is 7.43. The number of benzene rings is 1. The lowest BCUT2D eigenvalue weighted by molar-refractivity contribution is 0.311. The summed E-state index contributed by atoms with van der Waals surface area (Å²) >= 11 is 1.36. The highest BCUT2D eigenvalue weighted by Crippen LogP contribution is 2.31. The summed E-state index contributed by atoms with van der Waals surface area (Å²) in [6, 6.07) is 8.98. The van der Waals surface area contributed by atoms with Gasteiger partial charge in [0, 0.05) is 54.9 Å². The molecule has 10 heteroatoms. The van der Waals surface area contributed by atoms with Crippen LogP contribution < -0.4 is 15.0 Å². The number of aryl methyl sites for hydroxylation is 2. The molecule has 2 N–H and O–H groups in total. The Hall–Kier alpha value is -3.24. The van der Waals surface area contributed by atoms with Crippen LogP contribution >= 0.6 is 11.5 Å². The molecule has 0 aliphatic carbocycles. The van der Waals surface area contributed by atoms with Gasteiger partial charge in [-0.15, -0.1) is 0 Å². The van der Waals surface area contributed by atoms with Crippen molar-refractivity contribution >= 4 is 39.1 Å². The van der Waals surface area contributed by atoms with Crippen LogP contribution in [0, 0.1) is 19.7 Å². The number of piperazine rings is 1. The smallest absolute Gasteiger partial charge is 0.326 e. The van der Waals surface area contributed by atoms with Gasteiger partial charge in [0.05, 0.1) is 5.69 Å². The van der Waals surface area contributed by atoms with Crippen molar-refractivity contribution in [1.82, 2.24) is 24.2 Å². The van der Waals surface area contributed by atoms with Gasteiger partial charge in [-0.2, -0.15) is 14.3 Å². The van der Waals surface area contributed by atoms with Crippen molar-refractivity contribution in [3.63, 3.8) is 0 Å². The van der Waals surface area contributed by atoms with Gasteiger partial charge >= 0.3 is 6.01 Å². The molecule has 32 heavy (non-hydrogen) atoms. The summed E-state index contributed by atoms with van der Waals surface area (Å²) in [4.78, 5) is 16.7. The van der Waals surface area contributed by atoms with Crippen molar-refractivity contribution < 1.29 is 9.13 Å². The van der Waals surface area contributed by atoms with Crippen LogP contribution in [0.3, 0.4) is 0 Å². The Bertz CT molecular complexity index is 1260. The fraction of sp³-hybridized carbons (Fsp3) is 0.318. The van der Waals surface area contributed by atoms with E-state index in [0.29, 0.717) is 5.82 Å². The minimum Gasteiger partial charge on any atom is -0.421 e. The Morgan fingerprint density at radius 2 is 1.88 bits per heavy atom. The van der Waals surface area contributed by atoms with Gasteiger partial charge in [0.2, 0.25) is 0 Å². The molecule has 8 nitrogen and oxygen atoms in total. The topological polar surface area (TPSA) is 82.2 Å². The van der Waals surface area contributed by atoms with Crippen LogP contribution in [0.25, 0.3) is 10.9 Å². The predicted molar refractivity (Wildman–Crippen MR) is 125 cm³/mol. The van der Waals surface area contributed by atoms with Gasteiger partial charge in [-0.3, -0.25) is 0 Å². The third-order valence-electron chi connectivity index (χ3n) is 5.41. The Labute approximate surface area is 189 Å². The van der Waals surface area contributed by atoms with E-state index in [2.05, 4.69) is 41.5 Å². The van der Waals surface area contributed by atoms with E-state index in [1.54, 1.807) is 6.07 Å². The highest BCUT2D eigenvalue weighted by atomic mass is 32.1. The molecule has 0 bridgehead atoms. The van der Waals surface area contributed by atoms with E-state index in [4.69, 9.17) is 4.74 Å². The van der Waals surface area contributed by atoms with Gasteiger partial charge in [-0.25, -0.2) is 4.39 Å². The molecular formula is C22H24FN7OS. The normalized spacial score (nSPS) is 14.8. The zero-order chi connectivity index (χ0) is 22.2. The van der Waals surface area contributed by atoms with E-state index in [-0.39, 0.29) is 11.8 Å². The molecule has 1 aliphatic heterocycles. The number of hydrogen-bond acceptors (Lipinski definition) is 8. The van der Waals surface area contributed by atoms with Crippen LogP contribution in [0.1, 0.15) is 11.4 Å². The molecule has 166 valence electrons. The minimum atomic E-state index is -0.472. The standard InChI is InChI=1S/C22H24FN7OS/c1-13-8-15-10-18(16(23)11-17(15)24-13)31-22-26-19(25-21-9-14(2)28-32-21)12-20(27-22)30-6-4-29(3)5-7-30/h8-12,24H,4-7H2,1-3H3,(H,25,26,27). The number of halogens is 1. The van der Waals surface area contributed by atoms with Crippen LogP contribution in [0.15, 0.2) is 30.3 Å². The molecule has 0 unspecified atom stereocenters. The second kappa shape index (κ2) is 8.36. The van der Waals surface area contributed by atoms with Gasteiger partial charge in [0.15, 0.2) is 11.6 Å². The second-order valence-corrected chi connectivity index (χ2v) is 8.87. The molecular weight excluding hydrogens is 429 g/mol. The summed E-state index contributed by atoms with van der Waals surface area (Å²) in [5.41, 5.74) is 2.61. The maximum atomic E-state index is 14.7. The SMILES string of the molecule is Cc1cc(Nc2cc(N3CCN(C)CC3)nc(Oc3cc4cc(C)[nH]c4cc3F)n2)sn1. The van der Waals surface area contributed by atoms with E-state index in [9.17, 15) is 4.39 Å². The quantitative estimate of drug-likeness (QED) is 0.462. The first kappa shape index (κ1) is 20.7. The number of aromatic nitrogens is 4. The number of hydrogen-bond donors (Lipinski definition) is 2. The van der Waals surface area contributed by atoms with E-state index in [1.165, 1.54) is 17.6 Å². The Morgan fingerprint density at radius 3 is 2.62 bits per heavy atom. The lowest BCUT2D eigenvalue weighted by atomic mass is 10.2. The van der Waals surface area contributed by atoms with Crippen molar-refractivity contribution in [1.29, 1.82) is 0 Å². The number of aromatic amines is 1. The molecule has 0 saturated carbocycles. The first-order valence-electron chi connectivity index (χ1n) is 10.4. The average Bonchev–Trinajstić information content (AvgIpc) is 3.32. The molecule has 0 radical (unpaired) electrons. The molecule has 1 fully saturated rings. The van der Waals surface area contributed by atoms with Crippen molar-refractivity contribution in [3.8, 4) is 11.8 Å². The zero-order valence-electron chi connectivity index (χ0n) is 18.1. The highest BCUT2D eigenvalue weighted by Gasteiger charge is 2.19. The summed E-state index contributed by atoms with van der Waals surface area (Å²) in [6.07, 6.45) is 0. The van der Waals surface area contributed by atoms with Crippen LogP contribution in [0.5, 0.6) is 11.8 Å². The zero-order valence-corrected chi connectivity index (χ0v) is 19.0. The maximum absolute atomic E-state index is 14.7. The summed E-state index contributed by atoms with van der Waals surface area (Å²) in [5.74, 6) is 0.935. The molecule has 4 heterocycles. The number of nitrogens with zero attached hydrogens (tertiary/aromatic N) is 5. The van der Waals surface area contributed by atoms with E-state index in [1.807, 2.05) is 32.0 Å². The lowest BCUT2D eigenvalue weighted by Crippen LogP contribution is -2.44. The van der Waals surface area contributed by atoms with Crippen LogP contribution in [-0.2, 0) is 0 Å². The minimum absolute atomic E-state index is 0.0895. The molecule has 0 amide bonds. The average molecular weight is 454 g/mol. The monoisotopic (exact) mass is 453 g/mol. The van der Waals surface area contributed by atoms with E-state index in [0.717, 1.165) is 59.3 Å². The number of rotatable bonds is 5. The van der Waals surface area contributed by atoms with Gasteiger partial charge in [-0.05, 0) is 50.6 Å². The molecule has 0 atom stereocenters. The van der Waals surface area contributed by atoms with Crippen molar-refractivity contribution in [3.05, 3.63) is 47.5 Å². The third-order valence-corrected chi connectivity index (χ3v) is 6.20. The first-order valence-corrected chi connectivity index (χ1v) is 11.2. The summed E-state index contributed by atoms with van der Waals surface area (Å²) in [7, 11) is 2.10. The molecule has 1 aliphatic rings. The van der Waals surface area contributed by atoms with Crippen LogP contribution in [-0.4, -0.2) is 57.5 Å². The molecule has 3 aromatic heterocycles. The summed E-state index contributed by atoms with van der Waals surface area (Å²) in [5, 5.41) is 5.01. The molecule has 5 rings (SSSR count). The molecule has 1 saturated heterocycles. The van der Waals surface area contributed by atoms with Gasteiger partial charge < -0.3 is 24.8 Å². The number of ether oxygens (including phenoxy) is 1. The largest absolute Gasteiger partial charge is 0.421 e. The van der Waals surface area contributed by atoms with E-state index >= 15 is 0 Å². The first-order chi connectivity index (χ1) is 15.4. The van der Waals surface area contributed by atoms with Crippen molar-refractivity contribution in [2.24, 2.45) is 0 Å². The van der Waals surface area contributed by atoms with Crippen LogP contribution in [0.2, 0.25) is 0 Å². The molecule has 4 aromatic rings. The van der Waals surface area contributed by atoms with E-state index < -0.39 is 5.82 Å². The lowest BCUT2D eigenvalue weighted by Gasteiger charge is -2.33. The fourth-order valence-corrected chi connectivity index (χ4v) is 4.39. The number of anilines is 3. The van der Waals surface area contributed by atoms with Crippen molar-refractivity contribution in [2.45, 2.75) is 13.8 Å². The Kier molecular flexibility index (Phi) is 5.40. The van der Waals surface area contributed by atoms with Crippen molar-refractivity contribution in [2.75, 3.05) is 43.4 Å². The van der Waals surface area contributed by atoms with Gasteiger partial charge in [0.25, 0.3) is 0 Å². The third kappa shape index (κ3) is 4.37. The number of fused-ring (bicyclic) bond motifs is 1. The van der Waals surface area contributed by atoms with Gasteiger partial charge in [-0.1, -0.05) is 0 Å². The number of likely N-dealkylation sites (N-methyl/N-ethyl adjacent to an activating group) is 1. The maximum Gasteiger partial charge on any atom is 0.326 e. The molecule has 0 spiro atoms. The van der Waals surface area contributed by atoms with Gasteiger partial charge in [0.1, 0.15) is 16.6 Å². The Morgan fingerprint density at radius 1 is 1.06 bits per heavy atom. The van der Waals surface area contributed by atoms with Crippen LogP contribution in [0.4, 0.5) is 21.0 Å². The highest BCUT2D eigenvalue weighted by molar-refractivity contribution is 7.10. The molecule has 1 aromatic carbocycles.